The van der Waals surface area contributed by atoms with Gasteiger partial charge in [0.2, 0.25) is 0 Å². The van der Waals surface area contributed by atoms with E-state index in [1.807, 2.05) is 38.1 Å². The number of phenols is 1. The Morgan fingerprint density at radius 1 is 1.33 bits per heavy atom. The summed E-state index contributed by atoms with van der Waals surface area (Å²) >= 11 is 9.54. The number of anilines is 1. The zero-order valence-corrected chi connectivity index (χ0v) is 14.3. The van der Waals surface area contributed by atoms with Crippen molar-refractivity contribution in [3.63, 3.8) is 0 Å². The van der Waals surface area contributed by atoms with Gasteiger partial charge in [-0.2, -0.15) is 0 Å². The molecule has 2 rings (SSSR count). The molecule has 21 heavy (non-hydrogen) atoms. The fourth-order valence-electron chi connectivity index (χ4n) is 2.04. The molecule has 0 aromatic heterocycles. The van der Waals surface area contributed by atoms with E-state index < -0.39 is 0 Å². The van der Waals surface area contributed by atoms with Gasteiger partial charge in [-0.3, -0.25) is 0 Å². The maximum Gasteiger partial charge on any atom is 0.156 e. The highest BCUT2D eigenvalue weighted by molar-refractivity contribution is 9.10. The van der Waals surface area contributed by atoms with Gasteiger partial charge in [0.25, 0.3) is 0 Å². The lowest BCUT2D eigenvalue weighted by Gasteiger charge is -2.15. The Morgan fingerprint density at radius 3 is 2.81 bits per heavy atom. The Morgan fingerprint density at radius 2 is 2.10 bits per heavy atom. The van der Waals surface area contributed by atoms with Crippen LogP contribution in [0.25, 0.3) is 0 Å². The molecule has 0 amide bonds. The van der Waals surface area contributed by atoms with E-state index in [0.29, 0.717) is 29.7 Å². The standard InChI is InChI=1S/C16H17BrClNO2/c1-3-21-16-13(17)7-12(18)8-14(16)19-9-11-6-4-5-10(2)15(11)20/h4-8,19-20H,3,9H2,1-2H3. The molecule has 0 fully saturated rings. The van der Waals surface area contributed by atoms with Crippen molar-refractivity contribution in [2.24, 2.45) is 0 Å². The quantitative estimate of drug-likeness (QED) is 0.767. The predicted molar refractivity (Wildman–Crippen MR) is 90.5 cm³/mol. The number of aryl methyl sites for hydroxylation is 1. The van der Waals surface area contributed by atoms with Crippen LogP contribution in [0, 0.1) is 6.92 Å². The van der Waals surface area contributed by atoms with Gasteiger partial charge in [-0.15, -0.1) is 0 Å². The van der Waals surface area contributed by atoms with Crippen LogP contribution in [-0.4, -0.2) is 11.7 Å². The average Bonchev–Trinajstić information content (AvgIpc) is 2.44. The number of ether oxygens (including phenoxy) is 1. The van der Waals surface area contributed by atoms with E-state index in [1.54, 1.807) is 6.07 Å². The highest BCUT2D eigenvalue weighted by atomic mass is 79.9. The van der Waals surface area contributed by atoms with Crippen LogP contribution in [0.15, 0.2) is 34.8 Å². The lowest BCUT2D eigenvalue weighted by Crippen LogP contribution is -2.04. The number of phenolic OH excluding ortho intramolecular Hbond substituents is 1. The van der Waals surface area contributed by atoms with Crippen LogP contribution in [0.3, 0.4) is 0 Å². The predicted octanol–water partition coefficient (Wildman–Crippen LogP) is 5.13. The third-order valence-electron chi connectivity index (χ3n) is 3.09. The van der Waals surface area contributed by atoms with Crippen molar-refractivity contribution in [3.8, 4) is 11.5 Å². The minimum atomic E-state index is 0.309. The molecule has 0 saturated heterocycles. The van der Waals surface area contributed by atoms with Crippen LogP contribution in [0.1, 0.15) is 18.1 Å². The molecule has 0 spiro atoms. The first kappa shape index (κ1) is 16.0. The van der Waals surface area contributed by atoms with E-state index in [0.717, 1.165) is 21.3 Å². The molecule has 0 radical (unpaired) electrons. The number of nitrogens with one attached hydrogen (secondary N) is 1. The lowest BCUT2D eigenvalue weighted by molar-refractivity contribution is 0.339. The third kappa shape index (κ3) is 3.83. The van der Waals surface area contributed by atoms with Crippen molar-refractivity contribution in [1.29, 1.82) is 0 Å². The number of halogens is 2. The maximum atomic E-state index is 10.1. The fourth-order valence-corrected chi connectivity index (χ4v) is 2.96. The molecular weight excluding hydrogens is 354 g/mol. The molecular formula is C16H17BrClNO2. The van der Waals surface area contributed by atoms with E-state index in [1.165, 1.54) is 0 Å². The number of aromatic hydroxyl groups is 1. The summed E-state index contributed by atoms with van der Waals surface area (Å²) in [6.07, 6.45) is 0. The van der Waals surface area contributed by atoms with Crippen LogP contribution in [-0.2, 0) is 6.54 Å². The van der Waals surface area contributed by atoms with Gasteiger partial charge in [-0.1, -0.05) is 29.8 Å². The smallest absolute Gasteiger partial charge is 0.156 e. The van der Waals surface area contributed by atoms with Gasteiger partial charge >= 0.3 is 0 Å². The molecule has 3 nitrogen and oxygen atoms in total. The van der Waals surface area contributed by atoms with Crippen molar-refractivity contribution in [2.45, 2.75) is 20.4 Å². The first-order chi connectivity index (χ1) is 10.0. The van der Waals surface area contributed by atoms with Crippen LogP contribution in [0.5, 0.6) is 11.5 Å². The fraction of sp³-hybridized carbons (Fsp3) is 0.250. The Kier molecular flexibility index (Phi) is 5.37. The van der Waals surface area contributed by atoms with E-state index in [2.05, 4.69) is 21.2 Å². The normalized spacial score (nSPS) is 10.5. The number of rotatable bonds is 5. The minimum Gasteiger partial charge on any atom is -0.507 e. The molecule has 0 aliphatic rings. The van der Waals surface area contributed by atoms with E-state index in [-0.39, 0.29) is 0 Å². The first-order valence-electron chi connectivity index (χ1n) is 6.66. The summed E-state index contributed by atoms with van der Waals surface area (Å²) in [7, 11) is 0. The largest absolute Gasteiger partial charge is 0.507 e. The minimum absolute atomic E-state index is 0.309. The van der Waals surface area contributed by atoms with Crippen LogP contribution in [0.4, 0.5) is 5.69 Å². The van der Waals surface area contributed by atoms with Crippen LogP contribution >= 0.6 is 27.5 Å². The molecule has 0 atom stereocenters. The molecule has 112 valence electrons. The molecule has 0 unspecified atom stereocenters. The number of hydrogen-bond donors (Lipinski definition) is 2. The average molecular weight is 371 g/mol. The Labute approximate surface area is 138 Å². The summed E-state index contributed by atoms with van der Waals surface area (Å²) in [5.41, 5.74) is 2.47. The molecule has 5 heteroatoms. The Bertz CT molecular complexity index is 646. The SMILES string of the molecule is CCOc1c(Br)cc(Cl)cc1NCc1cccc(C)c1O. The second kappa shape index (κ2) is 7.05. The van der Waals surface area contributed by atoms with Gasteiger partial charge in [0, 0.05) is 17.1 Å². The van der Waals surface area contributed by atoms with Crippen molar-refractivity contribution in [1.82, 2.24) is 0 Å². The van der Waals surface area contributed by atoms with Gasteiger partial charge in [0.1, 0.15) is 5.75 Å². The summed E-state index contributed by atoms with van der Waals surface area (Å²) in [6, 6.07) is 9.28. The maximum absolute atomic E-state index is 10.1. The Balaban J connectivity index is 2.25. The number of hydrogen-bond acceptors (Lipinski definition) is 3. The van der Waals surface area contributed by atoms with E-state index in [4.69, 9.17) is 16.3 Å². The molecule has 2 aromatic rings. The second-order valence-electron chi connectivity index (χ2n) is 4.63. The van der Waals surface area contributed by atoms with Crippen molar-refractivity contribution >= 4 is 33.2 Å². The van der Waals surface area contributed by atoms with Crippen molar-refractivity contribution in [3.05, 3.63) is 51.0 Å². The first-order valence-corrected chi connectivity index (χ1v) is 7.83. The van der Waals surface area contributed by atoms with E-state index >= 15 is 0 Å². The zero-order valence-electron chi connectivity index (χ0n) is 11.9. The van der Waals surface area contributed by atoms with Crippen molar-refractivity contribution in [2.75, 3.05) is 11.9 Å². The van der Waals surface area contributed by atoms with Gasteiger partial charge < -0.3 is 15.2 Å². The Hall–Kier alpha value is -1.39. The van der Waals surface area contributed by atoms with Crippen LogP contribution < -0.4 is 10.1 Å². The lowest BCUT2D eigenvalue weighted by atomic mass is 10.1. The summed E-state index contributed by atoms with van der Waals surface area (Å²) in [6.45, 7) is 4.85. The van der Waals surface area contributed by atoms with Gasteiger partial charge in [-0.25, -0.2) is 0 Å². The topological polar surface area (TPSA) is 41.5 Å². The van der Waals surface area contributed by atoms with Crippen molar-refractivity contribution < 1.29 is 9.84 Å². The highest BCUT2D eigenvalue weighted by Crippen LogP contribution is 2.37. The summed E-state index contributed by atoms with van der Waals surface area (Å²) < 4.78 is 6.43. The number of para-hydroxylation sites is 1. The van der Waals surface area contributed by atoms with Gasteiger partial charge in [-0.05, 0) is 47.5 Å². The van der Waals surface area contributed by atoms with Gasteiger partial charge in [0.15, 0.2) is 5.75 Å². The molecule has 2 N–H and O–H groups in total. The summed E-state index contributed by atoms with van der Waals surface area (Å²) in [4.78, 5) is 0. The van der Waals surface area contributed by atoms with E-state index in [9.17, 15) is 5.11 Å². The highest BCUT2D eigenvalue weighted by Gasteiger charge is 2.11. The zero-order chi connectivity index (χ0) is 15.4. The van der Waals surface area contributed by atoms with Gasteiger partial charge in [0.05, 0.1) is 16.8 Å². The second-order valence-corrected chi connectivity index (χ2v) is 5.92. The molecule has 0 aliphatic heterocycles. The monoisotopic (exact) mass is 369 g/mol. The molecule has 0 aliphatic carbocycles. The van der Waals surface area contributed by atoms with Crippen LogP contribution in [0.2, 0.25) is 5.02 Å². The molecule has 0 bridgehead atoms. The summed E-state index contributed by atoms with van der Waals surface area (Å²) in [5, 5.41) is 13.9. The molecule has 0 heterocycles. The molecule has 0 saturated carbocycles. The number of benzene rings is 2. The third-order valence-corrected chi connectivity index (χ3v) is 3.89. The summed E-state index contributed by atoms with van der Waals surface area (Å²) in [5.74, 6) is 1.03. The molecule has 2 aromatic carbocycles.